The summed E-state index contributed by atoms with van der Waals surface area (Å²) in [6, 6.07) is 9.82. The van der Waals surface area contributed by atoms with Crippen molar-refractivity contribution in [1.29, 1.82) is 0 Å². The SMILES string of the molecule is CCCCCCOC(=O)C(=Cc1ccccc1)COCCCC. The maximum absolute atomic E-state index is 12.3. The maximum atomic E-state index is 12.3. The van der Waals surface area contributed by atoms with Crippen LogP contribution in [0.4, 0.5) is 0 Å². The van der Waals surface area contributed by atoms with Gasteiger partial charge in [-0.1, -0.05) is 69.9 Å². The second kappa shape index (κ2) is 12.9. The molecule has 0 spiro atoms. The first-order valence-corrected chi connectivity index (χ1v) is 8.78. The minimum absolute atomic E-state index is 0.262. The van der Waals surface area contributed by atoms with E-state index in [1.165, 1.54) is 12.8 Å². The molecule has 0 aliphatic carbocycles. The Morgan fingerprint density at radius 2 is 1.70 bits per heavy atom. The molecule has 0 radical (unpaired) electrons. The molecule has 1 rings (SSSR count). The van der Waals surface area contributed by atoms with E-state index in [9.17, 15) is 4.79 Å². The molecule has 0 aromatic heterocycles. The Bertz CT molecular complexity index is 451. The van der Waals surface area contributed by atoms with E-state index in [-0.39, 0.29) is 5.97 Å². The summed E-state index contributed by atoms with van der Waals surface area (Å²) in [7, 11) is 0. The molecular formula is C20H30O3. The third kappa shape index (κ3) is 9.19. The van der Waals surface area contributed by atoms with Gasteiger partial charge in [-0.05, 0) is 24.5 Å². The predicted octanol–water partition coefficient (Wildman–Crippen LogP) is 5.01. The standard InChI is InChI=1S/C20H30O3/c1-3-5-7-11-15-23-20(21)19(17-22-14-6-4-2)16-18-12-9-8-10-13-18/h8-10,12-13,16H,3-7,11,14-15,17H2,1-2H3. The van der Waals surface area contributed by atoms with Crippen molar-refractivity contribution in [3.8, 4) is 0 Å². The summed E-state index contributed by atoms with van der Waals surface area (Å²) in [4.78, 5) is 12.3. The van der Waals surface area contributed by atoms with E-state index in [0.717, 1.165) is 31.2 Å². The Labute approximate surface area is 140 Å². The first-order valence-electron chi connectivity index (χ1n) is 8.78. The van der Waals surface area contributed by atoms with Crippen LogP contribution in [0, 0.1) is 0 Å². The molecular weight excluding hydrogens is 288 g/mol. The second-order valence-electron chi connectivity index (χ2n) is 5.68. The molecule has 128 valence electrons. The van der Waals surface area contributed by atoms with Crippen molar-refractivity contribution in [2.24, 2.45) is 0 Å². The van der Waals surface area contributed by atoms with E-state index in [1.54, 1.807) is 0 Å². The number of rotatable bonds is 12. The lowest BCUT2D eigenvalue weighted by molar-refractivity contribution is -0.139. The Balaban J connectivity index is 2.55. The van der Waals surface area contributed by atoms with Crippen LogP contribution in [0.1, 0.15) is 57.9 Å². The van der Waals surface area contributed by atoms with Gasteiger partial charge in [0.2, 0.25) is 0 Å². The van der Waals surface area contributed by atoms with Crippen LogP contribution >= 0.6 is 0 Å². The lowest BCUT2D eigenvalue weighted by Crippen LogP contribution is -2.14. The van der Waals surface area contributed by atoms with Crippen molar-refractivity contribution in [2.45, 2.75) is 52.4 Å². The summed E-state index contributed by atoms with van der Waals surface area (Å²) >= 11 is 0. The zero-order valence-electron chi connectivity index (χ0n) is 14.6. The Morgan fingerprint density at radius 3 is 2.39 bits per heavy atom. The van der Waals surface area contributed by atoms with Crippen LogP contribution in [-0.4, -0.2) is 25.8 Å². The quantitative estimate of drug-likeness (QED) is 0.309. The molecule has 3 heteroatoms. The first kappa shape index (κ1) is 19.4. The molecule has 0 unspecified atom stereocenters. The molecule has 3 nitrogen and oxygen atoms in total. The van der Waals surface area contributed by atoms with E-state index in [0.29, 0.717) is 25.4 Å². The Hall–Kier alpha value is -1.61. The summed E-state index contributed by atoms with van der Waals surface area (Å²) in [5.74, 6) is -0.262. The van der Waals surface area contributed by atoms with Gasteiger partial charge >= 0.3 is 5.97 Å². The van der Waals surface area contributed by atoms with E-state index in [1.807, 2.05) is 36.4 Å². The molecule has 0 fully saturated rings. The monoisotopic (exact) mass is 318 g/mol. The van der Waals surface area contributed by atoms with Gasteiger partial charge in [0.15, 0.2) is 0 Å². The van der Waals surface area contributed by atoms with E-state index >= 15 is 0 Å². The molecule has 0 saturated heterocycles. The fourth-order valence-corrected chi connectivity index (χ4v) is 2.12. The zero-order chi connectivity index (χ0) is 16.8. The highest BCUT2D eigenvalue weighted by Gasteiger charge is 2.11. The van der Waals surface area contributed by atoms with Crippen LogP contribution in [0.5, 0.6) is 0 Å². The number of carbonyl (C=O) groups is 1. The van der Waals surface area contributed by atoms with Gasteiger partial charge in [0.25, 0.3) is 0 Å². The number of hydrogen-bond donors (Lipinski definition) is 0. The largest absolute Gasteiger partial charge is 0.462 e. The minimum Gasteiger partial charge on any atom is -0.462 e. The summed E-state index contributed by atoms with van der Waals surface area (Å²) in [6.07, 6.45) is 8.34. The molecule has 23 heavy (non-hydrogen) atoms. The van der Waals surface area contributed by atoms with Crippen LogP contribution in [0.3, 0.4) is 0 Å². The summed E-state index contributed by atoms with van der Waals surface area (Å²) < 4.78 is 11.0. The van der Waals surface area contributed by atoms with Crippen LogP contribution in [0.25, 0.3) is 6.08 Å². The average Bonchev–Trinajstić information content (AvgIpc) is 2.58. The van der Waals surface area contributed by atoms with Gasteiger partial charge in [-0.15, -0.1) is 0 Å². The summed E-state index contributed by atoms with van der Waals surface area (Å²) in [5.41, 5.74) is 1.58. The first-order chi connectivity index (χ1) is 11.3. The third-order valence-corrected chi connectivity index (χ3v) is 3.53. The van der Waals surface area contributed by atoms with Gasteiger partial charge in [0.05, 0.1) is 18.8 Å². The van der Waals surface area contributed by atoms with Crippen molar-refractivity contribution in [3.05, 3.63) is 41.5 Å². The summed E-state index contributed by atoms with van der Waals surface area (Å²) in [6.45, 7) is 5.75. The molecule has 1 aromatic carbocycles. The smallest absolute Gasteiger partial charge is 0.336 e. The molecule has 0 aliphatic rings. The van der Waals surface area contributed by atoms with E-state index in [4.69, 9.17) is 9.47 Å². The molecule has 0 heterocycles. The van der Waals surface area contributed by atoms with Crippen LogP contribution in [-0.2, 0) is 14.3 Å². The van der Waals surface area contributed by atoms with Gasteiger partial charge in [-0.25, -0.2) is 4.79 Å². The minimum atomic E-state index is -0.262. The van der Waals surface area contributed by atoms with Crippen LogP contribution < -0.4 is 0 Å². The van der Waals surface area contributed by atoms with Crippen molar-refractivity contribution in [3.63, 3.8) is 0 Å². The Morgan fingerprint density at radius 1 is 0.957 bits per heavy atom. The highest BCUT2D eigenvalue weighted by Crippen LogP contribution is 2.10. The molecule has 0 amide bonds. The van der Waals surface area contributed by atoms with E-state index in [2.05, 4.69) is 13.8 Å². The fourth-order valence-electron chi connectivity index (χ4n) is 2.12. The number of unbranched alkanes of at least 4 members (excludes halogenated alkanes) is 4. The number of carbonyl (C=O) groups excluding carboxylic acids is 1. The van der Waals surface area contributed by atoms with Gasteiger partial charge in [0, 0.05) is 6.61 Å². The fraction of sp³-hybridized carbons (Fsp3) is 0.550. The number of hydrogen-bond acceptors (Lipinski definition) is 3. The normalized spacial score (nSPS) is 11.5. The topological polar surface area (TPSA) is 35.5 Å². The van der Waals surface area contributed by atoms with Crippen molar-refractivity contribution in [1.82, 2.24) is 0 Å². The van der Waals surface area contributed by atoms with Crippen molar-refractivity contribution in [2.75, 3.05) is 19.8 Å². The predicted molar refractivity (Wildman–Crippen MR) is 95.2 cm³/mol. The van der Waals surface area contributed by atoms with Crippen molar-refractivity contribution < 1.29 is 14.3 Å². The summed E-state index contributed by atoms with van der Waals surface area (Å²) in [5, 5.41) is 0. The van der Waals surface area contributed by atoms with Gasteiger partial charge in [0.1, 0.15) is 0 Å². The van der Waals surface area contributed by atoms with Crippen molar-refractivity contribution >= 4 is 12.0 Å². The zero-order valence-corrected chi connectivity index (χ0v) is 14.6. The third-order valence-electron chi connectivity index (χ3n) is 3.53. The highest BCUT2D eigenvalue weighted by molar-refractivity contribution is 5.94. The lowest BCUT2D eigenvalue weighted by atomic mass is 10.1. The maximum Gasteiger partial charge on any atom is 0.336 e. The number of ether oxygens (including phenoxy) is 2. The average molecular weight is 318 g/mol. The molecule has 0 saturated carbocycles. The van der Waals surface area contributed by atoms with Gasteiger partial charge in [-0.3, -0.25) is 0 Å². The molecule has 0 aliphatic heterocycles. The number of esters is 1. The number of benzene rings is 1. The van der Waals surface area contributed by atoms with Crippen LogP contribution in [0.2, 0.25) is 0 Å². The van der Waals surface area contributed by atoms with Gasteiger partial charge in [-0.2, -0.15) is 0 Å². The van der Waals surface area contributed by atoms with Crippen LogP contribution in [0.15, 0.2) is 35.9 Å². The second-order valence-corrected chi connectivity index (χ2v) is 5.68. The Kier molecular flexibility index (Phi) is 10.9. The lowest BCUT2D eigenvalue weighted by Gasteiger charge is -2.09. The van der Waals surface area contributed by atoms with E-state index < -0.39 is 0 Å². The highest BCUT2D eigenvalue weighted by atomic mass is 16.5. The molecule has 1 aromatic rings. The molecule has 0 atom stereocenters. The van der Waals surface area contributed by atoms with Gasteiger partial charge < -0.3 is 9.47 Å². The molecule has 0 bridgehead atoms. The molecule has 0 N–H and O–H groups in total.